The van der Waals surface area contributed by atoms with Crippen molar-refractivity contribution in [3.05, 3.63) is 59.7 Å². The molecule has 106 valence electrons. The van der Waals surface area contributed by atoms with Gasteiger partial charge in [-0.3, -0.25) is 0 Å². The summed E-state index contributed by atoms with van der Waals surface area (Å²) in [7, 11) is 0. The second-order valence-corrected chi connectivity index (χ2v) is 5.91. The lowest BCUT2D eigenvalue weighted by molar-refractivity contribution is 0.557. The molecule has 0 unspecified atom stereocenters. The molecule has 2 rings (SSSR count). The summed E-state index contributed by atoms with van der Waals surface area (Å²) >= 11 is 0. The molecule has 0 aliphatic heterocycles. The number of hydrogen-bond acceptors (Lipinski definition) is 2. The van der Waals surface area contributed by atoms with E-state index >= 15 is 0 Å². The monoisotopic (exact) mass is 268 g/mol. The van der Waals surface area contributed by atoms with E-state index in [0.29, 0.717) is 0 Å². The van der Waals surface area contributed by atoms with Crippen molar-refractivity contribution in [1.82, 2.24) is 0 Å². The molecule has 0 saturated heterocycles. The second-order valence-electron chi connectivity index (χ2n) is 5.91. The maximum atomic E-state index is 5.75. The summed E-state index contributed by atoms with van der Waals surface area (Å²) in [6.45, 7) is 7.56. The van der Waals surface area contributed by atoms with Crippen LogP contribution in [-0.2, 0) is 11.8 Å². The number of hydrogen-bond donors (Lipinski definition) is 2. The van der Waals surface area contributed by atoms with Gasteiger partial charge in [-0.15, -0.1) is 0 Å². The van der Waals surface area contributed by atoms with E-state index in [0.717, 1.165) is 18.7 Å². The fraction of sp³-hybridized carbons (Fsp3) is 0.333. The van der Waals surface area contributed by atoms with Gasteiger partial charge < -0.3 is 11.1 Å². The molecule has 0 saturated carbocycles. The maximum absolute atomic E-state index is 5.75. The molecule has 0 spiro atoms. The molecule has 0 radical (unpaired) electrons. The summed E-state index contributed by atoms with van der Waals surface area (Å²) in [5.41, 5.74) is 10.5. The Morgan fingerprint density at radius 1 is 1.05 bits per heavy atom. The Hall–Kier alpha value is -1.96. The van der Waals surface area contributed by atoms with Crippen LogP contribution < -0.4 is 11.1 Å². The van der Waals surface area contributed by atoms with Gasteiger partial charge in [0, 0.05) is 23.3 Å². The largest absolute Gasteiger partial charge is 0.399 e. The van der Waals surface area contributed by atoms with Crippen LogP contribution in [0, 0.1) is 0 Å². The van der Waals surface area contributed by atoms with Crippen molar-refractivity contribution in [2.75, 3.05) is 17.6 Å². The lowest BCUT2D eigenvalue weighted by Gasteiger charge is -2.26. The fourth-order valence-electron chi connectivity index (χ4n) is 2.26. The van der Waals surface area contributed by atoms with Gasteiger partial charge >= 0.3 is 0 Å². The molecule has 0 aromatic heterocycles. The number of nitrogen functional groups attached to an aromatic ring is 1. The van der Waals surface area contributed by atoms with Gasteiger partial charge in [0.2, 0.25) is 0 Å². The van der Waals surface area contributed by atoms with Crippen molar-refractivity contribution in [1.29, 1.82) is 0 Å². The number of rotatable bonds is 5. The predicted molar refractivity (Wildman–Crippen MR) is 88.2 cm³/mol. The highest BCUT2D eigenvalue weighted by molar-refractivity contribution is 5.47. The highest BCUT2D eigenvalue weighted by atomic mass is 14.9. The van der Waals surface area contributed by atoms with Gasteiger partial charge in [0.05, 0.1) is 0 Å². The zero-order valence-corrected chi connectivity index (χ0v) is 12.6. The first kappa shape index (κ1) is 14.4. The molecule has 20 heavy (non-hydrogen) atoms. The topological polar surface area (TPSA) is 38.0 Å². The highest BCUT2D eigenvalue weighted by Crippen LogP contribution is 2.25. The van der Waals surface area contributed by atoms with Crippen LogP contribution in [-0.4, -0.2) is 6.54 Å². The van der Waals surface area contributed by atoms with Crippen molar-refractivity contribution in [2.24, 2.45) is 0 Å². The molecule has 0 aliphatic carbocycles. The summed E-state index contributed by atoms with van der Waals surface area (Å²) in [5, 5.41) is 3.54. The third kappa shape index (κ3) is 3.53. The number of nitrogens with one attached hydrogen (secondary N) is 1. The average Bonchev–Trinajstić information content (AvgIpc) is 2.46. The summed E-state index contributed by atoms with van der Waals surface area (Å²) in [4.78, 5) is 0. The molecule has 2 aromatic rings. The van der Waals surface area contributed by atoms with E-state index in [1.807, 2.05) is 12.1 Å². The lowest BCUT2D eigenvalue weighted by Crippen LogP contribution is -2.27. The van der Waals surface area contributed by atoms with Crippen molar-refractivity contribution >= 4 is 11.4 Å². The minimum absolute atomic E-state index is 0.0654. The molecule has 0 bridgehead atoms. The normalized spacial score (nSPS) is 11.3. The van der Waals surface area contributed by atoms with Crippen LogP contribution in [0.15, 0.2) is 48.5 Å². The summed E-state index contributed by atoms with van der Waals surface area (Å²) in [6, 6.07) is 16.8. The first-order chi connectivity index (χ1) is 9.51. The van der Waals surface area contributed by atoms with Gasteiger partial charge in [-0.25, -0.2) is 0 Å². The van der Waals surface area contributed by atoms with Crippen LogP contribution >= 0.6 is 0 Å². The van der Waals surface area contributed by atoms with Gasteiger partial charge in [-0.05, 0) is 41.8 Å². The fourth-order valence-corrected chi connectivity index (χ4v) is 2.26. The Balaban J connectivity index is 2.06. The first-order valence-electron chi connectivity index (χ1n) is 7.20. The third-order valence-electron chi connectivity index (χ3n) is 3.76. The predicted octanol–water partition coefficient (Wildman–Crippen LogP) is 4.22. The number of nitrogens with two attached hydrogens (primary N) is 1. The molecule has 0 fully saturated rings. The number of aryl methyl sites for hydroxylation is 1. The Bertz CT molecular complexity index is 556. The molecule has 3 N–H and O–H groups in total. The number of benzene rings is 2. The molecular weight excluding hydrogens is 244 g/mol. The molecule has 2 nitrogen and oxygen atoms in total. The molecule has 0 heterocycles. The van der Waals surface area contributed by atoms with Gasteiger partial charge in [0.15, 0.2) is 0 Å². The second kappa shape index (κ2) is 6.00. The van der Waals surface area contributed by atoms with Crippen molar-refractivity contribution in [2.45, 2.75) is 32.6 Å². The molecule has 0 aliphatic rings. The lowest BCUT2D eigenvalue weighted by atomic mass is 9.84. The van der Waals surface area contributed by atoms with Crippen LogP contribution in [0.2, 0.25) is 0 Å². The Labute approximate surface area is 122 Å². The minimum Gasteiger partial charge on any atom is -0.399 e. The Morgan fingerprint density at radius 2 is 1.75 bits per heavy atom. The van der Waals surface area contributed by atoms with Crippen LogP contribution in [0.1, 0.15) is 31.9 Å². The summed E-state index contributed by atoms with van der Waals surface area (Å²) in [5.74, 6) is 0. The Morgan fingerprint density at radius 3 is 2.40 bits per heavy atom. The van der Waals surface area contributed by atoms with Gasteiger partial charge in [-0.2, -0.15) is 0 Å². The van der Waals surface area contributed by atoms with E-state index in [4.69, 9.17) is 5.73 Å². The average molecular weight is 268 g/mol. The Kier molecular flexibility index (Phi) is 4.33. The molecule has 2 heteroatoms. The molecule has 0 atom stereocenters. The quantitative estimate of drug-likeness (QED) is 0.797. The van der Waals surface area contributed by atoms with E-state index in [1.165, 1.54) is 16.8 Å². The number of anilines is 2. The standard InChI is InChI=1S/C18H24N2/c1-4-14-6-5-7-17(12-14)20-13-18(2,3)15-8-10-16(19)11-9-15/h5-12,20H,4,13,19H2,1-3H3. The van der Waals surface area contributed by atoms with Crippen molar-refractivity contribution in [3.63, 3.8) is 0 Å². The van der Waals surface area contributed by atoms with Crippen molar-refractivity contribution in [3.8, 4) is 0 Å². The highest BCUT2D eigenvalue weighted by Gasteiger charge is 2.20. The first-order valence-corrected chi connectivity index (χ1v) is 7.20. The van der Waals surface area contributed by atoms with E-state index in [-0.39, 0.29) is 5.41 Å². The van der Waals surface area contributed by atoms with Crippen LogP contribution in [0.5, 0.6) is 0 Å². The van der Waals surface area contributed by atoms with Crippen LogP contribution in [0.3, 0.4) is 0 Å². The van der Waals surface area contributed by atoms with Gasteiger partial charge in [0.1, 0.15) is 0 Å². The van der Waals surface area contributed by atoms with E-state index in [9.17, 15) is 0 Å². The van der Waals surface area contributed by atoms with Crippen molar-refractivity contribution < 1.29 is 0 Å². The zero-order valence-electron chi connectivity index (χ0n) is 12.6. The SMILES string of the molecule is CCc1cccc(NCC(C)(C)c2ccc(N)cc2)c1. The molecule has 2 aromatic carbocycles. The van der Waals surface area contributed by atoms with Crippen LogP contribution in [0.4, 0.5) is 11.4 Å². The summed E-state index contributed by atoms with van der Waals surface area (Å²) in [6.07, 6.45) is 1.07. The third-order valence-corrected chi connectivity index (χ3v) is 3.76. The van der Waals surface area contributed by atoms with Crippen LogP contribution in [0.25, 0.3) is 0 Å². The maximum Gasteiger partial charge on any atom is 0.0343 e. The van der Waals surface area contributed by atoms with Gasteiger partial charge in [-0.1, -0.05) is 45.0 Å². The minimum atomic E-state index is 0.0654. The van der Waals surface area contributed by atoms with E-state index in [2.05, 4.69) is 62.5 Å². The summed E-state index contributed by atoms with van der Waals surface area (Å²) < 4.78 is 0. The molecular formula is C18H24N2. The molecule has 0 amide bonds. The zero-order chi connectivity index (χ0) is 14.6. The van der Waals surface area contributed by atoms with Gasteiger partial charge in [0.25, 0.3) is 0 Å². The van der Waals surface area contributed by atoms with E-state index in [1.54, 1.807) is 0 Å². The van der Waals surface area contributed by atoms with E-state index < -0.39 is 0 Å². The smallest absolute Gasteiger partial charge is 0.0343 e.